The zero-order chi connectivity index (χ0) is 29.8. The number of aliphatic carboxylic acids is 1. The van der Waals surface area contributed by atoms with Gasteiger partial charge in [-0.25, -0.2) is 9.59 Å². The number of esters is 1. The summed E-state index contributed by atoms with van der Waals surface area (Å²) >= 11 is 0. The summed E-state index contributed by atoms with van der Waals surface area (Å²) in [5.74, 6) is -6.73. The lowest BCUT2D eigenvalue weighted by Crippen LogP contribution is -2.68. The van der Waals surface area contributed by atoms with E-state index in [-0.39, 0.29) is 25.3 Å². The standard InChI is InChI=1S/C25H33NO14/c1-3-15-22(40-23-19(30)25(35,36)18(29)17(11-28)39-23)38-12-16(21(33)37-2)24(15,34)5-4-13-8-14(20(31)32)10-26(9-13)6-7-27/h3-5,8,10,12,15,17-19,22-23,27-30,34-36H,1,6-7,9,11H2,2H3,(H,31,32). The van der Waals surface area contributed by atoms with Gasteiger partial charge in [-0.05, 0) is 17.7 Å². The molecule has 3 rings (SSSR count). The maximum absolute atomic E-state index is 12.6. The molecule has 7 unspecified atom stereocenters. The highest BCUT2D eigenvalue weighted by atomic mass is 16.8. The lowest BCUT2D eigenvalue weighted by atomic mass is 9.78. The number of methoxy groups -OCH3 is 1. The summed E-state index contributed by atoms with van der Waals surface area (Å²) in [4.78, 5) is 25.7. The van der Waals surface area contributed by atoms with Crippen LogP contribution in [0.5, 0.6) is 0 Å². The molecule has 3 heterocycles. The van der Waals surface area contributed by atoms with Gasteiger partial charge in [0.05, 0.1) is 31.8 Å². The number of carbonyl (C=O) groups excluding carboxylic acids is 1. The number of nitrogens with zero attached hydrogens (tertiary/aromatic N) is 1. The molecule has 0 bridgehead atoms. The summed E-state index contributed by atoms with van der Waals surface area (Å²) in [6, 6.07) is 0. The summed E-state index contributed by atoms with van der Waals surface area (Å²) < 4.78 is 21.0. The minimum Gasteiger partial charge on any atom is -0.478 e. The smallest absolute Gasteiger partial charge is 0.340 e. The third-order valence-electron chi connectivity index (χ3n) is 6.68. The predicted molar refractivity (Wildman–Crippen MR) is 131 cm³/mol. The first kappa shape index (κ1) is 31.4. The van der Waals surface area contributed by atoms with Crippen LogP contribution in [0.2, 0.25) is 0 Å². The number of carboxylic acid groups (broad SMARTS) is 1. The van der Waals surface area contributed by atoms with Gasteiger partial charge < -0.3 is 64.7 Å². The van der Waals surface area contributed by atoms with Crippen molar-refractivity contribution in [2.24, 2.45) is 5.92 Å². The van der Waals surface area contributed by atoms with Gasteiger partial charge in [-0.3, -0.25) is 0 Å². The Balaban J connectivity index is 1.97. The van der Waals surface area contributed by atoms with Gasteiger partial charge in [-0.15, -0.1) is 6.58 Å². The van der Waals surface area contributed by atoms with Gasteiger partial charge in [0.15, 0.2) is 12.4 Å². The third kappa shape index (κ3) is 6.12. The first-order chi connectivity index (χ1) is 18.8. The second-order valence-electron chi connectivity index (χ2n) is 9.28. The van der Waals surface area contributed by atoms with Crippen molar-refractivity contribution in [3.05, 3.63) is 60.1 Å². The average molecular weight is 572 g/mol. The van der Waals surface area contributed by atoms with Crippen molar-refractivity contribution < 1.29 is 69.4 Å². The van der Waals surface area contributed by atoms with Crippen LogP contribution in [0.4, 0.5) is 0 Å². The van der Waals surface area contributed by atoms with Gasteiger partial charge in [0.2, 0.25) is 12.1 Å². The average Bonchev–Trinajstić information content (AvgIpc) is 2.92. The minimum atomic E-state index is -3.15. The van der Waals surface area contributed by atoms with Crippen LogP contribution in [0.15, 0.2) is 60.1 Å². The predicted octanol–water partition coefficient (Wildman–Crippen LogP) is -3.17. The second kappa shape index (κ2) is 12.6. The van der Waals surface area contributed by atoms with Gasteiger partial charge in [-0.1, -0.05) is 12.2 Å². The minimum absolute atomic E-state index is 0.0934. The number of hydrogen-bond donors (Lipinski definition) is 8. The van der Waals surface area contributed by atoms with Gasteiger partial charge in [0, 0.05) is 19.3 Å². The van der Waals surface area contributed by atoms with E-state index in [4.69, 9.17) is 18.9 Å². The molecule has 15 heteroatoms. The monoisotopic (exact) mass is 571 g/mol. The molecule has 3 aliphatic rings. The van der Waals surface area contributed by atoms with Crippen molar-refractivity contribution in [2.45, 2.75) is 42.3 Å². The number of hydrogen-bond acceptors (Lipinski definition) is 14. The molecule has 0 spiro atoms. The van der Waals surface area contributed by atoms with E-state index in [1.54, 1.807) is 0 Å². The Morgan fingerprint density at radius 2 is 1.90 bits per heavy atom. The van der Waals surface area contributed by atoms with Gasteiger partial charge in [-0.2, -0.15) is 0 Å². The van der Waals surface area contributed by atoms with Crippen molar-refractivity contribution in [1.82, 2.24) is 4.90 Å². The van der Waals surface area contributed by atoms with E-state index in [2.05, 4.69) is 6.58 Å². The molecular formula is C25H33NO14. The largest absolute Gasteiger partial charge is 0.478 e. The number of carboxylic acids is 1. The number of aliphatic hydroxyl groups excluding tert-OH is 4. The molecule has 0 aliphatic carbocycles. The Kier molecular flexibility index (Phi) is 9.89. The number of carbonyl (C=O) groups is 2. The lowest BCUT2D eigenvalue weighted by Gasteiger charge is -2.47. The molecule has 1 saturated heterocycles. The van der Waals surface area contributed by atoms with Crippen molar-refractivity contribution >= 4 is 11.9 Å². The molecule has 0 aromatic heterocycles. The fourth-order valence-corrected chi connectivity index (χ4v) is 4.47. The Bertz CT molecular complexity index is 1100. The molecule has 0 amide bonds. The molecule has 0 saturated carbocycles. The summed E-state index contributed by atoms with van der Waals surface area (Å²) in [7, 11) is 1.06. The summed E-state index contributed by atoms with van der Waals surface area (Å²) in [6.07, 6.45) is -2.25. The van der Waals surface area contributed by atoms with E-state index in [1.807, 2.05) is 0 Å². The highest BCUT2D eigenvalue weighted by Crippen LogP contribution is 2.40. The van der Waals surface area contributed by atoms with Crippen molar-refractivity contribution in [3.63, 3.8) is 0 Å². The van der Waals surface area contributed by atoms with Crippen LogP contribution in [-0.4, -0.2) is 133 Å². The van der Waals surface area contributed by atoms with Crippen molar-refractivity contribution in [2.75, 3.05) is 33.4 Å². The molecule has 1 fully saturated rings. The number of ether oxygens (including phenoxy) is 4. The van der Waals surface area contributed by atoms with Crippen LogP contribution in [0.25, 0.3) is 0 Å². The van der Waals surface area contributed by atoms with Gasteiger partial charge in [0.1, 0.15) is 29.6 Å². The topological polar surface area (TPSA) is 236 Å². The Morgan fingerprint density at radius 3 is 2.48 bits per heavy atom. The molecule has 0 aromatic rings. The number of β-amino-alcohol motifs (C(OH)–C–C–N with tert-alkyl or cyclic N) is 1. The zero-order valence-electron chi connectivity index (χ0n) is 21.4. The van der Waals surface area contributed by atoms with Crippen LogP contribution in [0.1, 0.15) is 0 Å². The summed E-state index contributed by atoms with van der Waals surface area (Å²) in [6.45, 7) is 2.80. The molecule has 222 valence electrons. The second-order valence-corrected chi connectivity index (χ2v) is 9.28. The molecule has 0 radical (unpaired) electrons. The quantitative estimate of drug-likeness (QED) is 0.0733. The van der Waals surface area contributed by atoms with Crippen LogP contribution >= 0.6 is 0 Å². The molecule has 8 N–H and O–H groups in total. The Labute approximate surface area is 228 Å². The van der Waals surface area contributed by atoms with Crippen LogP contribution in [0.3, 0.4) is 0 Å². The highest BCUT2D eigenvalue weighted by molar-refractivity contribution is 5.92. The molecular weight excluding hydrogens is 538 g/mol. The zero-order valence-corrected chi connectivity index (χ0v) is 21.4. The maximum Gasteiger partial charge on any atom is 0.340 e. The molecule has 7 atom stereocenters. The number of aliphatic hydroxyl groups is 7. The SMILES string of the molecule is C=CC1C(OC2OC(CO)C(O)C(O)(O)C2O)OC=C(C(=O)OC)C1(O)C=CC1=CC(C(=O)O)=CN(CCO)C1. The summed E-state index contributed by atoms with van der Waals surface area (Å²) in [5, 5.41) is 80.6. The van der Waals surface area contributed by atoms with Crippen LogP contribution in [0, 0.1) is 5.92 Å². The van der Waals surface area contributed by atoms with Gasteiger partial charge >= 0.3 is 11.9 Å². The highest BCUT2D eigenvalue weighted by Gasteiger charge is 2.57. The maximum atomic E-state index is 12.6. The molecule has 3 aliphatic heterocycles. The summed E-state index contributed by atoms with van der Waals surface area (Å²) in [5.41, 5.74) is -2.38. The first-order valence-corrected chi connectivity index (χ1v) is 12.1. The van der Waals surface area contributed by atoms with E-state index in [9.17, 15) is 50.4 Å². The van der Waals surface area contributed by atoms with Crippen LogP contribution < -0.4 is 0 Å². The molecule has 40 heavy (non-hydrogen) atoms. The van der Waals surface area contributed by atoms with Gasteiger partial charge in [0.25, 0.3) is 0 Å². The fourth-order valence-electron chi connectivity index (χ4n) is 4.47. The normalized spacial score (nSPS) is 33.9. The fraction of sp³-hybridized carbons (Fsp3) is 0.520. The van der Waals surface area contributed by atoms with Crippen molar-refractivity contribution in [1.29, 1.82) is 0 Å². The van der Waals surface area contributed by atoms with E-state index >= 15 is 0 Å². The third-order valence-corrected chi connectivity index (χ3v) is 6.68. The number of rotatable bonds is 10. The Hall–Kier alpha value is -3.12. The molecule has 15 nitrogen and oxygen atoms in total. The lowest BCUT2D eigenvalue weighted by molar-refractivity contribution is -0.405. The van der Waals surface area contributed by atoms with Crippen molar-refractivity contribution in [3.8, 4) is 0 Å². The Morgan fingerprint density at radius 1 is 1.20 bits per heavy atom. The van der Waals surface area contributed by atoms with Crippen LogP contribution in [-0.2, 0) is 28.5 Å². The van der Waals surface area contributed by atoms with E-state index in [1.165, 1.54) is 23.3 Å². The van der Waals surface area contributed by atoms with E-state index < -0.39 is 72.3 Å². The van der Waals surface area contributed by atoms with E-state index in [0.29, 0.717) is 5.57 Å². The molecule has 0 aromatic carbocycles. The van der Waals surface area contributed by atoms with E-state index in [0.717, 1.165) is 25.5 Å². The first-order valence-electron chi connectivity index (χ1n) is 12.1.